The molecule has 1 heterocycles. The van der Waals surface area contributed by atoms with Crippen LogP contribution in [0.1, 0.15) is 5.56 Å². The summed E-state index contributed by atoms with van der Waals surface area (Å²) in [6.45, 7) is 2.38. The first-order valence-corrected chi connectivity index (χ1v) is 5.02. The Morgan fingerprint density at radius 2 is 2.07 bits per heavy atom. The molecule has 1 aliphatic heterocycles. The first-order chi connectivity index (χ1) is 6.86. The summed E-state index contributed by atoms with van der Waals surface area (Å²) in [6.07, 6.45) is -0.251. The maximum absolute atomic E-state index is 9.54. The van der Waals surface area contributed by atoms with Crippen LogP contribution in [0.4, 0.5) is 0 Å². The molecule has 3 nitrogen and oxygen atoms in total. The van der Waals surface area contributed by atoms with Gasteiger partial charge < -0.3 is 15.7 Å². The zero-order valence-corrected chi connectivity index (χ0v) is 8.11. The maximum Gasteiger partial charge on any atom is 0.0829 e. The van der Waals surface area contributed by atoms with E-state index >= 15 is 0 Å². The quantitative estimate of drug-likeness (QED) is 0.637. The van der Waals surface area contributed by atoms with Crippen LogP contribution in [0.15, 0.2) is 30.3 Å². The highest BCUT2D eigenvalue weighted by atomic mass is 16.3. The molecular weight excluding hydrogens is 176 g/mol. The molecule has 0 saturated carbocycles. The number of aliphatic hydroxyl groups excluding tert-OH is 1. The summed E-state index contributed by atoms with van der Waals surface area (Å²) in [5.41, 5.74) is 1.26. The van der Waals surface area contributed by atoms with Crippen LogP contribution >= 0.6 is 0 Å². The second-order valence-electron chi connectivity index (χ2n) is 3.70. The lowest BCUT2D eigenvalue weighted by atomic mass is 10.2. The average molecular weight is 192 g/mol. The molecule has 0 aliphatic carbocycles. The van der Waals surface area contributed by atoms with Crippen LogP contribution < -0.4 is 10.6 Å². The number of hydrogen-bond acceptors (Lipinski definition) is 3. The third kappa shape index (κ3) is 2.32. The van der Waals surface area contributed by atoms with Crippen LogP contribution in [-0.4, -0.2) is 30.3 Å². The van der Waals surface area contributed by atoms with Gasteiger partial charge in [0.1, 0.15) is 0 Å². The van der Waals surface area contributed by atoms with Crippen molar-refractivity contribution in [2.45, 2.75) is 18.7 Å². The van der Waals surface area contributed by atoms with Gasteiger partial charge in [0.05, 0.1) is 6.10 Å². The van der Waals surface area contributed by atoms with Crippen LogP contribution in [-0.2, 0) is 6.54 Å². The van der Waals surface area contributed by atoms with E-state index < -0.39 is 0 Å². The molecule has 0 bridgehead atoms. The lowest BCUT2D eigenvalue weighted by Crippen LogP contribution is -2.38. The molecule has 1 aromatic carbocycles. The Morgan fingerprint density at radius 1 is 1.29 bits per heavy atom. The van der Waals surface area contributed by atoms with Gasteiger partial charge in [-0.2, -0.15) is 0 Å². The fourth-order valence-electron chi connectivity index (χ4n) is 1.72. The highest BCUT2D eigenvalue weighted by molar-refractivity contribution is 5.14. The molecule has 0 aromatic heterocycles. The van der Waals surface area contributed by atoms with Crippen molar-refractivity contribution in [3.8, 4) is 0 Å². The van der Waals surface area contributed by atoms with Gasteiger partial charge in [0.25, 0.3) is 0 Å². The minimum absolute atomic E-state index is 0.190. The van der Waals surface area contributed by atoms with Crippen molar-refractivity contribution >= 4 is 0 Å². The largest absolute Gasteiger partial charge is 0.390 e. The molecular formula is C11H16N2O. The fraction of sp³-hybridized carbons (Fsp3) is 0.455. The zero-order chi connectivity index (χ0) is 9.80. The molecule has 1 aliphatic rings. The van der Waals surface area contributed by atoms with Gasteiger partial charge in [-0.25, -0.2) is 0 Å². The number of hydrogen-bond donors (Lipinski definition) is 3. The molecule has 0 radical (unpaired) electrons. The number of aliphatic hydroxyl groups is 1. The Kier molecular flexibility index (Phi) is 3.14. The lowest BCUT2D eigenvalue weighted by molar-refractivity contribution is 0.162. The van der Waals surface area contributed by atoms with Crippen molar-refractivity contribution in [2.24, 2.45) is 0 Å². The van der Waals surface area contributed by atoms with Crippen LogP contribution in [0.5, 0.6) is 0 Å². The summed E-state index contributed by atoms with van der Waals surface area (Å²) in [7, 11) is 0. The fourth-order valence-corrected chi connectivity index (χ4v) is 1.72. The van der Waals surface area contributed by atoms with E-state index in [1.165, 1.54) is 5.56 Å². The molecule has 3 heteroatoms. The van der Waals surface area contributed by atoms with Crippen molar-refractivity contribution < 1.29 is 5.11 Å². The Bertz CT molecular complexity index is 276. The molecule has 14 heavy (non-hydrogen) atoms. The predicted molar refractivity (Wildman–Crippen MR) is 55.9 cm³/mol. The minimum atomic E-state index is -0.251. The van der Waals surface area contributed by atoms with Gasteiger partial charge in [0.2, 0.25) is 0 Å². The summed E-state index contributed by atoms with van der Waals surface area (Å²) in [4.78, 5) is 0. The third-order valence-corrected chi connectivity index (χ3v) is 2.59. The van der Waals surface area contributed by atoms with Crippen LogP contribution in [0, 0.1) is 0 Å². The smallest absolute Gasteiger partial charge is 0.0829 e. The van der Waals surface area contributed by atoms with Crippen molar-refractivity contribution in [3.63, 3.8) is 0 Å². The Labute approximate surface area is 84.1 Å². The van der Waals surface area contributed by atoms with Gasteiger partial charge in [-0.1, -0.05) is 30.3 Å². The molecule has 3 N–H and O–H groups in total. The van der Waals surface area contributed by atoms with E-state index in [0.717, 1.165) is 13.1 Å². The van der Waals surface area contributed by atoms with Gasteiger partial charge in [-0.3, -0.25) is 0 Å². The molecule has 1 fully saturated rings. The average Bonchev–Trinajstić information content (AvgIpc) is 2.63. The first-order valence-electron chi connectivity index (χ1n) is 5.02. The van der Waals surface area contributed by atoms with Gasteiger partial charge in [-0.05, 0) is 5.56 Å². The van der Waals surface area contributed by atoms with Crippen molar-refractivity contribution in [3.05, 3.63) is 35.9 Å². The van der Waals surface area contributed by atoms with E-state index in [4.69, 9.17) is 0 Å². The predicted octanol–water partition coefficient (Wildman–Crippen LogP) is 0.109. The second kappa shape index (κ2) is 4.55. The van der Waals surface area contributed by atoms with Crippen LogP contribution in [0.3, 0.4) is 0 Å². The summed E-state index contributed by atoms with van der Waals surface area (Å²) >= 11 is 0. The molecule has 2 rings (SSSR count). The van der Waals surface area contributed by atoms with Crippen molar-refractivity contribution in [2.75, 3.05) is 13.1 Å². The SMILES string of the molecule is O[C@@H]1CNC[C@H]1NCc1ccccc1. The standard InChI is InChI=1S/C11H16N2O/c14-11-8-12-7-10(11)13-6-9-4-2-1-3-5-9/h1-5,10-14H,6-8H2/t10-,11-/m1/s1. The first kappa shape index (κ1) is 9.65. The van der Waals surface area contributed by atoms with E-state index in [1.54, 1.807) is 0 Å². The minimum Gasteiger partial charge on any atom is -0.390 e. The lowest BCUT2D eigenvalue weighted by Gasteiger charge is -2.15. The Hall–Kier alpha value is -0.900. The van der Waals surface area contributed by atoms with E-state index in [0.29, 0.717) is 6.54 Å². The molecule has 1 aromatic rings. The third-order valence-electron chi connectivity index (χ3n) is 2.59. The summed E-state index contributed by atoms with van der Waals surface area (Å²) < 4.78 is 0. The Balaban J connectivity index is 1.82. The molecule has 1 saturated heterocycles. The highest BCUT2D eigenvalue weighted by Gasteiger charge is 2.23. The van der Waals surface area contributed by atoms with Crippen LogP contribution in [0.25, 0.3) is 0 Å². The van der Waals surface area contributed by atoms with E-state index in [-0.39, 0.29) is 12.1 Å². The number of nitrogens with one attached hydrogen (secondary N) is 2. The summed E-state index contributed by atoms with van der Waals surface area (Å²) in [5, 5.41) is 16.0. The van der Waals surface area contributed by atoms with Crippen molar-refractivity contribution in [1.82, 2.24) is 10.6 Å². The highest BCUT2D eigenvalue weighted by Crippen LogP contribution is 2.02. The second-order valence-corrected chi connectivity index (χ2v) is 3.70. The van der Waals surface area contributed by atoms with E-state index in [2.05, 4.69) is 22.8 Å². The summed E-state index contributed by atoms with van der Waals surface area (Å²) in [5.74, 6) is 0. The van der Waals surface area contributed by atoms with Gasteiger partial charge >= 0.3 is 0 Å². The molecule has 0 unspecified atom stereocenters. The maximum atomic E-state index is 9.54. The number of benzene rings is 1. The molecule has 2 atom stereocenters. The normalized spacial score (nSPS) is 26.6. The zero-order valence-electron chi connectivity index (χ0n) is 8.11. The molecule has 0 amide bonds. The topological polar surface area (TPSA) is 44.3 Å². The van der Waals surface area contributed by atoms with Crippen molar-refractivity contribution in [1.29, 1.82) is 0 Å². The molecule has 76 valence electrons. The molecule has 0 spiro atoms. The summed E-state index contributed by atoms with van der Waals surface area (Å²) in [6, 6.07) is 10.4. The van der Waals surface area contributed by atoms with Gasteiger partial charge in [0, 0.05) is 25.7 Å². The van der Waals surface area contributed by atoms with Crippen LogP contribution in [0.2, 0.25) is 0 Å². The van der Waals surface area contributed by atoms with Gasteiger partial charge in [0.15, 0.2) is 0 Å². The Morgan fingerprint density at radius 3 is 2.71 bits per heavy atom. The number of rotatable bonds is 3. The number of β-amino-alcohol motifs (C(OH)–C–C–N with tert-alkyl or cyclic N) is 1. The van der Waals surface area contributed by atoms with E-state index in [9.17, 15) is 5.11 Å². The monoisotopic (exact) mass is 192 g/mol. The van der Waals surface area contributed by atoms with Gasteiger partial charge in [-0.15, -0.1) is 0 Å². The van der Waals surface area contributed by atoms with E-state index in [1.807, 2.05) is 18.2 Å².